The maximum atomic E-state index is 13.8. The fourth-order valence-corrected chi connectivity index (χ4v) is 5.98. The molecule has 2 atom stereocenters. The van der Waals surface area contributed by atoms with Gasteiger partial charge in [0, 0.05) is 44.0 Å². The lowest BCUT2D eigenvalue weighted by molar-refractivity contribution is -0.160. The molecule has 0 aromatic heterocycles. The Morgan fingerprint density at radius 2 is 1.48 bits per heavy atom. The Morgan fingerprint density at radius 3 is 2.29 bits per heavy atom. The molecule has 0 bridgehead atoms. The van der Waals surface area contributed by atoms with Crippen molar-refractivity contribution in [2.24, 2.45) is 0 Å². The second kappa shape index (κ2) is 8.97. The molecule has 1 saturated heterocycles. The van der Waals surface area contributed by atoms with Crippen LogP contribution in [0.1, 0.15) is 6.42 Å². The lowest BCUT2D eigenvalue weighted by Crippen LogP contribution is -2.31. The van der Waals surface area contributed by atoms with E-state index in [0.29, 0.717) is 0 Å². The van der Waals surface area contributed by atoms with Crippen molar-refractivity contribution in [3.8, 4) is 0 Å². The predicted molar refractivity (Wildman–Crippen MR) is 130 cm³/mol. The number of benzene rings is 4. The molecular weight excluding hydrogens is 401 g/mol. The number of nitrogens with zero attached hydrogens (tertiary/aromatic N) is 2. The third-order valence-corrected chi connectivity index (χ3v) is 7.49. The van der Waals surface area contributed by atoms with E-state index in [1.165, 1.54) is 5.39 Å². The molecule has 0 saturated carbocycles. The summed E-state index contributed by atoms with van der Waals surface area (Å²) in [5, 5.41) is 5.82. The van der Waals surface area contributed by atoms with E-state index in [1.54, 1.807) is 0 Å². The maximum Gasteiger partial charge on any atom is 0.0528 e. The van der Waals surface area contributed by atoms with Gasteiger partial charge in [-0.25, -0.2) is 0 Å². The summed E-state index contributed by atoms with van der Waals surface area (Å²) < 4.78 is 4.18. The van der Waals surface area contributed by atoms with E-state index in [0.717, 1.165) is 42.0 Å². The van der Waals surface area contributed by atoms with Crippen LogP contribution in [0.25, 0.3) is 10.8 Å². The fraction of sp³-hybridized carbons (Fsp3) is 0.154. The fourth-order valence-electron chi connectivity index (χ4n) is 4.26. The normalized spacial score (nSPS) is 18.5. The zero-order valence-electron chi connectivity index (χ0n) is 17.3. The second-order valence-electron chi connectivity index (χ2n) is 7.75. The van der Waals surface area contributed by atoms with Gasteiger partial charge in [0.2, 0.25) is 0 Å². The quantitative estimate of drug-likeness (QED) is 0.406. The third kappa shape index (κ3) is 4.10. The molecule has 0 amide bonds. The van der Waals surface area contributed by atoms with Gasteiger partial charge in [0.05, 0.1) is 6.04 Å². The molecule has 1 heterocycles. The molecule has 4 aromatic carbocycles. The number of fused-ring (bicyclic) bond motifs is 1. The minimum absolute atomic E-state index is 0.144. The van der Waals surface area contributed by atoms with Crippen molar-refractivity contribution in [3.05, 3.63) is 103 Å². The van der Waals surface area contributed by atoms with Crippen molar-refractivity contribution < 1.29 is 4.89 Å². The van der Waals surface area contributed by atoms with E-state index < -0.39 is 8.45 Å². The molecule has 1 N–H and O–H groups in total. The Labute approximate surface area is 184 Å². The summed E-state index contributed by atoms with van der Waals surface area (Å²) in [5.41, 5.74) is 3.16. The summed E-state index contributed by atoms with van der Waals surface area (Å²) in [5.74, 6) is 0. The third-order valence-electron chi connectivity index (χ3n) is 5.77. The van der Waals surface area contributed by atoms with Crippen LogP contribution < -0.4 is 19.6 Å². The van der Waals surface area contributed by atoms with Gasteiger partial charge in [-0.1, -0.05) is 72.8 Å². The van der Waals surface area contributed by atoms with E-state index in [4.69, 9.17) is 0 Å². The lowest BCUT2D eigenvalue weighted by atomic mass is 10.1. The highest BCUT2D eigenvalue weighted by Crippen LogP contribution is 2.51. The maximum absolute atomic E-state index is 13.8. The average Bonchev–Trinajstić information content (AvgIpc) is 3.16. The molecular formula is C26H25N3OP-. The minimum atomic E-state index is -1.74. The van der Waals surface area contributed by atoms with Crippen LogP contribution in [0, 0.1) is 0 Å². The van der Waals surface area contributed by atoms with Crippen molar-refractivity contribution in [2.75, 3.05) is 27.7 Å². The molecule has 0 spiro atoms. The van der Waals surface area contributed by atoms with Crippen LogP contribution in [0.5, 0.6) is 0 Å². The molecule has 1 fully saturated rings. The Kier molecular flexibility index (Phi) is 5.75. The number of hydrogen-bond acceptors (Lipinski definition) is 4. The van der Waals surface area contributed by atoms with Crippen molar-refractivity contribution in [1.29, 1.82) is 0 Å². The standard InChI is InChI=1S/C26H25N3OP/c30-31-28(23-14-5-2-6-15-23)20-24(18-19-27-22-12-3-1-4-13-22)29(31)26-17-9-11-21-10-7-8-16-25(21)26/h1-17,24,27H,18-20H2/q-1/t24-,31?/m0/s1. The van der Waals surface area contributed by atoms with Crippen LogP contribution in [0.2, 0.25) is 0 Å². The highest BCUT2D eigenvalue weighted by molar-refractivity contribution is 7.54. The van der Waals surface area contributed by atoms with E-state index >= 15 is 0 Å². The number of hydrogen-bond donors (Lipinski definition) is 1. The summed E-state index contributed by atoms with van der Waals surface area (Å²) in [4.78, 5) is 13.8. The largest absolute Gasteiger partial charge is 0.796 e. The van der Waals surface area contributed by atoms with Gasteiger partial charge in [0.1, 0.15) is 0 Å². The minimum Gasteiger partial charge on any atom is -0.796 e. The summed E-state index contributed by atoms with van der Waals surface area (Å²) in [6.45, 7) is 1.56. The highest BCUT2D eigenvalue weighted by atomic mass is 31.2. The highest BCUT2D eigenvalue weighted by Gasteiger charge is 2.34. The van der Waals surface area contributed by atoms with Gasteiger partial charge in [-0.05, 0) is 42.1 Å². The zero-order chi connectivity index (χ0) is 21.0. The van der Waals surface area contributed by atoms with Gasteiger partial charge in [-0.2, -0.15) is 0 Å². The van der Waals surface area contributed by atoms with Crippen LogP contribution in [0.15, 0.2) is 103 Å². The van der Waals surface area contributed by atoms with Crippen molar-refractivity contribution in [3.63, 3.8) is 0 Å². The zero-order valence-corrected chi connectivity index (χ0v) is 18.2. The van der Waals surface area contributed by atoms with E-state index in [-0.39, 0.29) is 6.04 Å². The number of anilines is 3. The summed E-state index contributed by atoms with van der Waals surface area (Å²) in [6, 6.07) is 35.1. The smallest absolute Gasteiger partial charge is 0.0528 e. The summed E-state index contributed by atoms with van der Waals surface area (Å²) >= 11 is 0. The predicted octanol–water partition coefficient (Wildman–Crippen LogP) is 5.62. The molecule has 4 aromatic rings. The molecule has 5 heteroatoms. The molecule has 0 radical (unpaired) electrons. The Bertz CT molecular complexity index is 1130. The van der Waals surface area contributed by atoms with Crippen LogP contribution in [-0.2, 0) is 0 Å². The number of nitrogens with one attached hydrogen (secondary N) is 1. The van der Waals surface area contributed by atoms with Gasteiger partial charge in [-0.3, -0.25) is 0 Å². The van der Waals surface area contributed by atoms with E-state index in [9.17, 15) is 4.89 Å². The first-order chi connectivity index (χ1) is 15.3. The van der Waals surface area contributed by atoms with Gasteiger partial charge in [0.25, 0.3) is 0 Å². The molecule has 0 aliphatic carbocycles. The SMILES string of the molecule is [O-]P1N(c2ccccc2)C[C@H](CCNc2ccccc2)N1c1cccc2ccccc12. The lowest BCUT2D eigenvalue weighted by Gasteiger charge is -2.39. The first-order valence-electron chi connectivity index (χ1n) is 10.7. The number of para-hydroxylation sites is 2. The molecule has 1 aliphatic heterocycles. The van der Waals surface area contributed by atoms with Gasteiger partial charge >= 0.3 is 0 Å². The Balaban J connectivity index is 1.45. The summed E-state index contributed by atoms with van der Waals surface area (Å²) in [7, 11) is -1.74. The van der Waals surface area contributed by atoms with E-state index in [2.05, 4.69) is 58.5 Å². The molecule has 5 rings (SSSR count). The Morgan fingerprint density at radius 1 is 0.806 bits per heavy atom. The average molecular weight is 426 g/mol. The van der Waals surface area contributed by atoms with Crippen LogP contribution in [-0.4, -0.2) is 19.1 Å². The van der Waals surface area contributed by atoms with Crippen molar-refractivity contribution >= 4 is 36.3 Å². The first-order valence-corrected chi connectivity index (χ1v) is 11.8. The van der Waals surface area contributed by atoms with Gasteiger partial charge in [0.15, 0.2) is 0 Å². The topological polar surface area (TPSA) is 41.6 Å². The molecule has 1 unspecified atom stereocenters. The molecule has 4 nitrogen and oxygen atoms in total. The van der Waals surface area contributed by atoms with Gasteiger partial charge in [-0.15, -0.1) is 0 Å². The Hall–Kier alpha value is -3.07. The van der Waals surface area contributed by atoms with Crippen molar-refractivity contribution in [1.82, 2.24) is 0 Å². The summed E-state index contributed by atoms with van der Waals surface area (Å²) in [6.07, 6.45) is 0.891. The molecule has 1 aliphatic rings. The number of rotatable bonds is 6. The molecule has 156 valence electrons. The van der Waals surface area contributed by atoms with Crippen LogP contribution in [0.4, 0.5) is 17.1 Å². The van der Waals surface area contributed by atoms with Gasteiger partial charge < -0.3 is 19.6 Å². The van der Waals surface area contributed by atoms with Crippen molar-refractivity contribution in [2.45, 2.75) is 12.5 Å². The second-order valence-corrected chi connectivity index (χ2v) is 9.17. The van der Waals surface area contributed by atoms with E-state index in [1.807, 2.05) is 59.3 Å². The first kappa shape index (κ1) is 19.9. The van der Waals surface area contributed by atoms with Crippen LogP contribution in [0.3, 0.4) is 0 Å². The van der Waals surface area contributed by atoms with Crippen LogP contribution >= 0.6 is 8.45 Å². The monoisotopic (exact) mass is 426 g/mol. The molecule has 31 heavy (non-hydrogen) atoms.